The summed E-state index contributed by atoms with van der Waals surface area (Å²) in [5.74, 6) is 2.12. The number of carbonyl (C=O) groups is 1. The number of urea groups is 1. The van der Waals surface area contributed by atoms with Gasteiger partial charge in [-0.3, -0.25) is 0 Å². The number of hydrogen-bond acceptors (Lipinski definition) is 3. The third kappa shape index (κ3) is 4.08. The van der Waals surface area contributed by atoms with Gasteiger partial charge in [-0.05, 0) is 37.5 Å². The zero-order valence-corrected chi connectivity index (χ0v) is 14.9. The minimum atomic E-state index is -0.0482. The minimum absolute atomic E-state index is 0.0482. The molecule has 6 nitrogen and oxygen atoms in total. The molecule has 2 aliphatic rings. The molecular formula is C18H31N5O. The third-order valence-electron chi connectivity index (χ3n) is 5.64. The number of amides is 2. The predicted molar refractivity (Wildman–Crippen MR) is 93.9 cm³/mol. The summed E-state index contributed by atoms with van der Waals surface area (Å²) in [6.07, 6.45) is 11.7. The number of nitrogens with zero attached hydrogens (tertiary/aromatic N) is 3. The average molecular weight is 333 g/mol. The Morgan fingerprint density at radius 1 is 1.17 bits per heavy atom. The van der Waals surface area contributed by atoms with Gasteiger partial charge in [-0.2, -0.15) is 0 Å². The van der Waals surface area contributed by atoms with Crippen LogP contribution in [0.1, 0.15) is 69.9 Å². The quantitative estimate of drug-likeness (QED) is 0.806. The molecule has 0 radical (unpaired) electrons. The first-order valence-electron chi connectivity index (χ1n) is 9.65. The van der Waals surface area contributed by atoms with E-state index in [1.807, 2.05) is 0 Å². The Morgan fingerprint density at radius 2 is 2.04 bits per heavy atom. The van der Waals surface area contributed by atoms with Gasteiger partial charge in [0.1, 0.15) is 11.6 Å². The molecule has 0 saturated heterocycles. The average Bonchev–Trinajstić information content (AvgIpc) is 2.77. The summed E-state index contributed by atoms with van der Waals surface area (Å²) in [6, 6.07) is -0.0482. The summed E-state index contributed by atoms with van der Waals surface area (Å²) >= 11 is 0. The third-order valence-corrected chi connectivity index (χ3v) is 5.64. The van der Waals surface area contributed by atoms with Crippen molar-refractivity contribution in [3.63, 3.8) is 0 Å². The molecule has 1 saturated carbocycles. The van der Waals surface area contributed by atoms with Crippen LogP contribution in [0.2, 0.25) is 0 Å². The van der Waals surface area contributed by atoms with E-state index in [2.05, 4.69) is 32.3 Å². The predicted octanol–water partition coefficient (Wildman–Crippen LogP) is 2.82. The molecule has 1 aromatic rings. The maximum atomic E-state index is 12.0. The summed E-state index contributed by atoms with van der Waals surface area (Å²) in [4.78, 5) is 12.0. The van der Waals surface area contributed by atoms with Gasteiger partial charge in [0.2, 0.25) is 0 Å². The van der Waals surface area contributed by atoms with Crippen molar-refractivity contribution in [2.24, 2.45) is 5.41 Å². The van der Waals surface area contributed by atoms with Crippen molar-refractivity contribution in [1.82, 2.24) is 25.4 Å². The molecule has 0 spiro atoms. The van der Waals surface area contributed by atoms with E-state index < -0.39 is 0 Å². The van der Waals surface area contributed by atoms with Crippen LogP contribution in [0.5, 0.6) is 0 Å². The van der Waals surface area contributed by atoms with Crippen molar-refractivity contribution < 1.29 is 4.79 Å². The van der Waals surface area contributed by atoms with E-state index in [9.17, 15) is 4.79 Å². The number of hydrogen-bond donors (Lipinski definition) is 2. The van der Waals surface area contributed by atoms with E-state index in [-0.39, 0.29) is 6.03 Å². The van der Waals surface area contributed by atoms with Crippen LogP contribution in [0.4, 0.5) is 4.79 Å². The van der Waals surface area contributed by atoms with E-state index in [1.165, 1.54) is 51.4 Å². The lowest BCUT2D eigenvalue weighted by atomic mass is 9.66. The van der Waals surface area contributed by atoms with Crippen LogP contribution < -0.4 is 10.6 Å². The molecule has 24 heavy (non-hydrogen) atoms. The molecule has 2 amide bonds. The second-order valence-corrected chi connectivity index (χ2v) is 7.46. The number of rotatable bonds is 7. The van der Waals surface area contributed by atoms with Gasteiger partial charge in [-0.25, -0.2) is 4.79 Å². The molecule has 134 valence electrons. The Labute approximate surface area is 144 Å². The summed E-state index contributed by atoms with van der Waals surface area (Å²) in [5, 5.41) is 14.7. The minimum Gasteiger partial charge on any atom is -0.338 e. The van der Waals surface area contributed by atoms with Gasteiger partial charge < -0.3 is 15.2 Å². The Balaban J connectivity index is 1.40. The molecule has 0 unspecified atom stereocenters. The fourth-order valence-corrected chi connectivity index (χ4v) is 4.07. The molecule has 0 aromatic carbocycles. The lowest BCUT2D eigenvalue weighted by Crippen LogP contribution is -2.46. The van der Waals surface area contributed by atoms with Gasteiger partial charge >= 0.3 is 6.03 Å². The molecular weight excluding hydrogens is 302 g/mol. The second kappa shape index (κ2) is 7.99. The molecule has 2 N–H and O–H groups in total. The Kier molecular flexibility index (Phi) is 5.74. The van der Waals surface area contributed by atoms with E-state index in [0.29, 0.717) is 12.0 Å². The SMILES string of the molecule is CCCC1(CNC(=O)NCCc2nnc3n2CCCCC3)CCC1. The van der Waals surface area contributed by atoms with Gasteiger partial charge in [0.25, 0.3) is 0 Å². The Bertz CT molecular complexity index is 550. The van der Waals surface area contributed by atoms with Gasteiger partial charge in [0.15, 0.2) is 0 Å². The highest BCUT2D eigenvalue weighted by Crippen LogP contribution is 2.44. The molecule has 1 aliphatic heterocycles. The number of carbonyl (C=O) groups excluding carboxylic acids is 1. The molecule has 1 aromatic heterocycles. The van der Waals surface area contributed by atoms with Crippen molar-refractivity contribution in [3.05, 3.63) is 11.6 Å². The fourth-order valence-electron chi connectivity index (χ4n) is 4.07. The highest BCUT2D eigenvalue weighted by molar-refractivity contribution is 5.73. The highest BCUT2D eigenvalue weighted by Gasteiger charge is 2.35. The van der Waals surface area contributed by atoms with Gasteiger partial charge in [0, 0.05) is 32.5 Å². The van der Waals surface area contributed by atoms with E-state index in [1.54, 1.807) is 0 Å². The maximum absolute atomic E-state index is 12.0. The van der Waals surface area contributed by atoms with Gasteiger partial charge in [0.05, 0.1) is 0 Å². The van der Waals surface area contributed by atoms with Crippen molar-refractivity contribution in [3.8, 4) is 0 Å². The smallest absolute Gasteiger partial charge is 0.314 e. The number of nitrogens with one attached hydrogen (secondary N) is 2. The van der Waals surface area contributed by atoms with Crippen LogP contribution in [-0.2, 0) is 19.4 Å². The van der Waals surface area contributed by atoms with Crippen LogP contribution >= 0.6 is 0 Å². The topological polar surface area (TPSA) is 71.8 Å². The lowest BCUT2D eigenvalue weighted by molar-refractivity contribution is 0.118. The number of aryl methyl sites for hydroxylation is 1. The van der Waals surface area contributed by atoms with Crippen molar-refractivity contribution in [1.29, 1.82) is 0 Å². The Hall–Kier alpha value is -1.59. The van der Waals surface area contributed by atoms with Crippen molar-refractivity contribution >= 4 is 6.03 Å². The summed E-state index contributed by atoms with van der Waals surface area (Å²) in [6.45, 7) is 4.67. The lowest BCUT2D eigenvalue weighted by Gasteiger charge is -2.42. The second-order valence-electron chi connectivity index (χ2n) is 7.46. The van der Waals surface area contributed by atoms with Gasteiger partial charge in [-0.1, -0.05) is 26.2 Å². The molecule has 0 atom stereocenters. The van der Waals surface area contributed by atoms with Crippen LogP contribution in [-0.4, -0.2) is 33.9 Å². The monoisotopic (exact) mass is 333 g/mol. The fraction of sp³-hybridized carbons (Fsp3) is 0.833. The molecule has 0 bridgehead atoms. The first-order chi connectivity index (χ1) is 11.7. The van der Waals surface area contributed by atoms with E-state index >= 15 is 0 Å². The standard InChI is InChI=1S/C18H31N5O/c1-2-9-18(10-6-11-18)14-20-17(24)19-12-8-16-22-21-15-7-4-3-5-13-23(15)16/h2-14H2,1H3,(H2,19,20,24). The number of aromatic nitrogens is 3. The Morgan fingerprint density at radius 3 is 2.79 bits per heavy atom. The summed E-state index contributed by atoms with van der Waals surface area (Å²) in [5.41, 5.74) is 0.371. The van der Waals surface area contributed by atoms with Crippen molar-refractivity contribution in [2.45, 2.75) is 77.7 Å². The highest BCUT2D eigenvalue weighted by atomic mass is 16.2. The number of fused-ring (bicyclic) bond motifs is 1. The van der Waals surface area contributed by atoms with Crippen LogP contribution in [0, 0.1) is 5.41 Å². The van der Waals surface area contributed by atoms with Gasteiger partial charge in [-0.15, -0.1) is 10.2 Å². The van der Waals surface area contributed by atoms with E-state index in [4.69, 9.17) is 0 Å². The summed E-state index contributed by atoms with van der Waals surface area (Å²) in [7, 11) is 0. The molecule has 1 fully saturated rings. The molecule has 3 rings (SSSR count). The van der Waals surface area contributed by atoms with Crippen LogP contribution in [0.3, 0.4) is 0 Å². The zero-order chi connectivity index (χ0) is 16.8. The normalized spacial score (nSPS) is 19.0. The molecule has 2 heterocycles. The maximum Gasteiger partial charge on any atom is 0.314 e. The molecule has 1 aliphatic carbocycles. The summed E-state index contributed by atoms with van der Waals surface area (Å²) < 4.78 is 2.25. The van der Waals surface area contributed by atoms with E-state index in [0.717, 1.165) is 37.6 Å². The first kappa shape index (κ1) is 17.2. The van der Waals surface area contributed by atoms with Crippen LogP contribution in [0.15, 0.2) is 0 Å². The largest absolute Gasteiger partial charge is 0.338 e. The molecule has 6 heteroatoms. The first-order valence-corrected chi connectivity index (χ1v) is 9.65. The van der Waals surface area contributed by atoms with Crippen molar-refractivity contribution in [2.75, 3.05) is 13.1 Å². The zero-order valence-electron chi connectivity index (χ0n) is 14.9. The van der Waals surface area contributed by atoms with Crippen LogP contribution in [0.25, 0.3) is 0 Å².